The number of rotatable bonds is 15. The highest BCUT2D eigenvalue weighted by molar-refractivity contribution is 7.81. The number of carbonyl (C=O) groups is 2. The lowest BCUT2D eigenvalue weighted by atomic mass is 9.94. The molecule has 25 heteroatoms. The molecule has 1 aliphatic carbocycles. The van der Waals surface area contributed by atoms with E-state index in [2.05, 4.69) is 22.0 Å². The Balaban J connectivity index is 1.94. The topological polar surface area (TPSA) is 313 Å². The molecule has 6 atom stereocenters. The molecule has 21 nitrogen and oxygen atoms in total. The van der Waals surface area contributed by atoms with Crippen LogP contribution in [-0.4, -0.2) is 105 Å². The van der Waals surface area contributed by atoms with Gasteiger partial charge in [0.1, 0.15) is 18.2 Å². The van der Waals surface area contributed by atoms with Gasteiger partial charge in [0, 0.05) is 12.6 Å². The Bertz CT molecular complexity index is 1990. The lowest BCUT2D eigenvalue weighted by Crippen LogP contribution is -2.66. The smallest absolute Gasteiger partial charge is 0.351 e. The molecular weight excluding hydrogens is 785 g/mol. The molecule has 5 N–H and O–H groups in total. The van der Waals surface area contributed by atoms with Crippen LogP contribution in [-0.2, 0) is 79.2 Å². The average molecular weight is 819 g/mol. The first-order valence-corrected chi connectivity index (χ1v) is 20.5. The fraction of sp³-hybridized carbons (Fsp3) is 0.481. The number of hydrogen-bond acceptors (Lipinski definition) is 15. The van der Waals surface area contributed by atoms with Crippen molar-refractivity contribution in [3.8, 4) is 0 Å². The van der Waals surface area contributed by atoms with Crippen molar-refractivity contribution in [2.24, 2.45) is 0 Å². The fourth-order valence-corrected chi connectivity index (χ4v) is 7.69. The molecule has 2 aliphatic rings. The maximum atomic E-state index is 14.7. The quantitative estimate of drug-likeness (QED) is 0.151. The van der Waals surface area contributed by atoms with E-state index in [1.807, 2.05) is 0 Å². The first-order chi connectivity index (χ1) is 24.1. The van der Waals surface area contributed by atoms with Crippen LogP contribution in [0.1, 0.15) is 49.3 Å². The van der Waals surface area contributed by atoms with E-state index < -0.39 is 96.7 Å². The molecule has 0 spiro atoms. The third kappa shape index (κ3) is 12.5. The molecule has 2 aromatic rings. The Morgan fingerprint density at radius 2 is 1.17 bits per heavy atom. The third-order valence-electron chi connectivity index (χ3n) is 7.76. The van der Waals surface area contributed by atoms with Crippen molar-refractivity contribution in [2.45, 2.75) is 81.4 Å². The maximum Gasteiger partial charge on any atom is 0.399 e. The van der Waals surface area contributed by atoms with E-state index in [4.69, 9.17) is 4.74 Å². The van der Waals surface area contributed by atoms with E-state index in [0.29, 0.717) is 18.4 Å². The molecule has 1 aliphatic heterocycles. The molecule has 6 unspecified atom stereocenters. The van der Waals surface area contributed by atoms with Crippen molar-refractivity contribution in [3.05, 3.63) is 71.8 Å². The van der Waals surface area contributed by atoms with Crippen LogP contribution in [0.15, 0.2) is 60.7 Å². The van der Waals surface area contributed by atoms with Gasteiger partial charge in [-0.15, -0.1) is 0 Å². The van der Waals surface area contributed by atoms with E-state index in [0.717, 1.165) is 24.2 Å². The minimum Gasteiger partial charge on any atom is -0.351 e. The van der Waals surface area contributed by atoms with E-state index >= 15 is 0 Å². The van der Waals surface area contributed by atoms with Gasteiger partial charge in [-0.3, -0.25) is 27.8 Å². The van der Waals surface area contributed by atoms with Crippen LogP contribution in [0, 0.1) is 0 Å². The summed E-state index contributed by atoms with van der Waals surface area (Å²) in [6, 6.07) is 13.3. The highest BCUT2D eigenvalue weighted by atomic mass is 32.3. The average Bonchev–Trinajstić information content (AvgIpc) is 3.02. The lowest BCUT2D eigenvalue weighted by Gasteiger charge is -2.44. The molecule has 1 heterocycles. The molecule has 2 fully saturated rings. The highest BCUT2D eigenvalue weighted by Crippen LogP contribution is 2.35. The predicted molar refractivity (Wildman–Crippen MR) is 172 cm³/mol. The molecule has 2 amide bonds. The normalized spacial score (nSPS) is 24.1. The number of hydrogen-bond donors (Lipinski definition) is 5. The first-order valence-electron chi connectivity index (χ1n) is 15.1. The standard InChI is InChI=1S/C27H34N2O19S4/c30-25(28-19-14-8-3-9-15-19)20(18-12-6-2-7-13-18)29(16-17-10-4-1-5-11-17)26(31)23-21(45-49(32,33)34)22(46-50(35,36)37)24(47-51(38,39)40)27(44-23)48-52(41,42)43/h1-2,4-7,10-13,19-24,27H,3,8-9,14-16H2,(H,28,30)(H,32,33,34)(H,35,36,37)(H,38,39,40)(H,41,42,43). The highest BCUT2D eigenvalue weighted by Gasteiger charge is 2.58. The number of nitrogens with one attached hydrogen (secondary N) is 1. The van der Waals surface area contributed by atoms with Gasteiger partial charge in [-0.2, -0.15) is 33.7 Å². The second-order valence-corrected chi connectivity index (χ2v) is 15.7. The molecule has 2 aromatic carbocycles. The molecule has 4 rings (SSSR count). The zero-order chi connectivity index (χ0) is 38.5. The number of ether oxygens (including phenoxy) is 1. The summed E-state index contributed by atoms with van der Waals surface area (Å²) in [6.07, 6.45) is -11.2. The van der Waals surface area contributed by atoms with Gasteiger partial charge in [0.2, 0.25) is 12.2 Å². The molecule has 290 valence electrons. The minimum absolute atomic E-state index is 0.159. The summed E-state index contributed by atoms with van der Waals surface area (Å²) in [5.74, 6) is -2.31. The molecule has 1 saturated carbocycles. The fourth-order valence-electron chi connectivity index (χ4n) is 5.82. The summed E-state index contributed by atoms with van der Waals surface area (Å²) in [6.45, 7) is -0.519. The van der Waals surface area contributed by atoms with Crippen LogP contribution in [0.5, 0.6) is 0 Å². The largest absolute Gasteiger partial charge is 0.399 e. The van der Waals surface area contributed by atoms with E-state index in [1.54, 1.807) is 24.3 Å². The van der Waals surface area contributed by atoms with Gasteiger partial charge in [0.05, 0.1) is 0 Å². The Morgan fingerprint density at radius 1 is 0.692 bits per heavy atom. The van der Waals surface area contributed by atoms with Gasteiger partial charge in [0.25, 0.3) is 5.91 Å². The molecular formula is C27H34N2O19S4. The SMILES string of the molecule is O=C(NC1CCCCC1)C(c1ccccc1)N(Cc1ccccc1)C(=O)C1OC(OS(=O)(=O)O)C(OS(=O)(=O)O)C(OS(=O)(=O)O)C1OS(=O)(=O)O. The third-order valence-corrected chi connectivity index (χ3v) is 9.59. The predicted octanol–water partition coefficient (Wildman–Crippen LogP) is 0.314. The van der Waals surface area contributed by atoms with Crippen molar-refractivity contribution in [1.29, 1.82) is 0 Å². The Labute approximate surface area is 299 Å². The van der Waals surface area contributed by atoms with Crippen molar-refractivity contribution in [3.63, 3.8) is 0 Å². The van der Waals surface area contributed by atoms with Gasteiger partial charge < -0.3 is 15.0 Å². The van der Waals surface area contributed by atoms with Crippen molar-refractivity contribution in [2.75, 3.05) is 0 Å². The number of nitrogens with zero attached hydrogens (tertiary/aromatic N) is 1. The molecule has 0 bridgehead atoms. The summed E-state index contributed by atoms with van der Waals surface area (Å²) >= 11 is 0. The lowest BCUT2D eigenvalue weighted by molar-refractivity contribution is -0.255. The van der Waals surface area contributed by atoms with Crippen LogP contribution >= 0.6 is 0 Å². The zero-order valence-corrected chi connectivity index (χ0v) is 29.8. The molecule has 52 heavy (non-hydrogen) atoms. The summed E-state index contributed by atoms with van der Waals surface area (Å²) in [5.41, 5.74) is 0.488. The Morgan fingerprint density at radius 3 is 1.69 bits per heavy atom. The summed E-state index contributed by atoms with van der Waals surface area (Å²) < 4.78 is 156. The Kier molecular flexibility index (Phi) is 13.5. The van der Waals surface area contributed by atoms with Crippen molar-refractivity contribution < 1.29 is 82.9 Å². The van der Waals surface area contributed by atoms with E-state index in [1.165, 1.54) is 36.4 Å². The maximum absolute atomic E-state index is 14.7. The van der Waals surface area contributed by atoms with Gasteiger partial charge >= 0.3 is 41.6 Å². The van der Waals surface area contributed by atoms with E-state index in [-0.39, 0.29) is 11.6 Å². The molecule has 0 radical (unpaired) electrons. The number of carbonyl (C=O) groups excluding carboxylic acids is 2. The van der Waals surface area contributed by atoms with Crippen LogP contribution < -0.4 is 5.32 Å². The van der Waals surface area contributed by atoms with Gasteiger partial charge in [-0.05, 0) is 24.0 Å². The van der Waals surface area contributed by atoms with Crippen LogP contribution in [0.4, 0.5) is 0 Å². The summed E-state index contributed by atoms with van der Waals surface area (Å²) in [7, 11) is -23.4. The number of amides is 2. The van der Waals surface area contributed by atoms with E-state index in [9.17, 15) is 61.5 Å². The molecule has 1 saturated heterocycles. The summed E-state index contributed by atoms with van der Waals surface area (Å²) in [5, 5.41) is 2.87. The minimum atomic E-state index is -5.90. The number of benzene rings is 2. The zero-order valence-electron chi connectivity index (χ0n) is 26.6. The monoisotopic (exact) mass is 818 g/mol. The second kappa shape index (κ2) is 16.9. The Hall–Kier alpha value is -3.18. The van der Waals surface area contributed by atoms with Crippen molar-refractivity contribution >= 4 is 53.4 Å². The second-order valence-electron chi connectivity index (χ2n) is 11.5. The van der Waals surface area contributed by atoms with Crippen LogP contribution in [0.2, 0.25) is 0 Å². The van der Waals surface area contributed by atoms with Gasteiger partial charge in [-0.1, -0.05) is 79.9 Å². The first kappa shape index (κ1) is 41.6. The molecule has 0 aromatic heterocycles. The summed E-state index contributed by atoms with van der Waals surface area (Å²) in [4.78, 5) is 29.7. The van der Waals surface area contributed by atoms with Crippen LogP contribution in [0.3, 0.4) is 0 Å². The van der Waals surface area contributed by atoms with Gasteiger partial charge in [0.15, 0.2) is 12.2 Å². The van der Waals surface area contributed by atoms with Crippen molar-refractivity contribution in [1.82, 2.24) is 10.2 Å². The van der Waals surface area contributed by atoms with Crippen LogP contribution in [0.25, 0.3) is 0 Å². The van der Waals surface area contributed by atoms with Gasteiger partial charge in [-0.25, -0.2) is 16.7 Å².